The third kappa shape index (κ3) is 3.13. The SMILES string of the molecule is CC1CCCN1C1CCN(c2ccc(NC(=O)O)cc2)C1. The third-order valence-corrected chi connectivity index (χ3v) is 4.72. The summed E-state index contributed by atoms with van der Waals surface area (Å²) in [5, 5.41) is 11.1. The van der Waals surface area contributed by atoms with Crippen LogP contribution in [0.3, 0.4) is 0 Å². The van der Waals surface area contributed by atoms with Crippen LogP contribution in [0.2, 0.25) is 0 Å². The molecule has 3 rings (SSSR count). The first-order valence-corrected chi connectivity index (χ1v) is 7.74. The minimum absolute atomic E-state index is 0.621. The fourth-order valence-electron chi connectivity index (χ4n) is 3.62. The van der Waals surface area contributed by atoms with Gasteiger partial charge in [-0.1, -0.05) is 0 Å². The molecule has 1 aromatic rings. The molecule has 0 aliphatic carbocycles. The van der Waals surface area contributed by atoms with Crippen LogP contribution in [0.5, 0.6) is 0 Å². The number of rotatable bonds is 3. The Hall–Kier alpha value is -1.75. The van der Waals surface area contributed by atoms with Crippen molar-refractivity contribution in [3.05, 3.63) is 24.3 Å². The molecule has 2 heterocycles. The molecule has 0 saturated carbocycles. The van der Waals surface area contributed by atoms with Crippen LogP contribution in [0.4, 0.5) is 16.2 Å². The van der Waals surface area contributed by atoms with Crippen LogP contribution < -0.4 is 10.2 Å². The number of likely N-dealkylation sites (tertiary alicyclic amines) is 1. The lowest BCUT2D eigenvalue weighted by Crippen LogP contribution is -2.39. The summed E-state index contributed by atoms with van der Waals surface area (Å²) in [4.78, 5) is 15.7. The van der Waals surface area contributed by atoms with Gasteiger partial charge in [0.25, 0.3) is 0 Å². The molecule has 0 aromatic heterocycles. The number of hydrogen-bond acceptors (Lipinski definition) is 3. The van der Waals surface area contributed by atoms with E-state index in [9.17, 15) is 4.79 Å². The molecule has 2 fully saturated rings. The van der Waals surface area contributed by atoms with E-state index in [2.05, 4.69) is 22.0 Å². The minimum atomic E-state index is -1.02. The lowest BCUT2D eigenvalue weighted by molar-refractivity contribution is 0.204. The number of nitrogens with one attached hydrogen (secondary N) is 1. The predicted molar refractivity (Wildman–Crippen MR) is 84.1 cm³/mol. The minimum Gasteiger partial charge on any atom is -0.465 e. The lowest BCUT2D eigenvalue weighted by atomic mass is 10.2. The molecule has 1 amide bonds. The van der Waals surface area contributed by atoms with Gasteiger partial charge in [-0.25, -0.2) is 4.79 Å². The van der Waals surface area contributed by atoms with Crippen LogP contribution in [0.25, 0.3) is 0 Å². The van der Waals surface area contributed by atoms with Gasteiger partial charge in [0.15, 0.2) is 0 Å². The molecule has 2 saturated heterocycles. The second-order valence-electron chi connectivity index (χ2n) is 6.09. The van der Waals surface area contributed by atoms with Crippen LogP contribution in [-0.4, -0.2) is 47.8 Å². The summed E-state index contributed by atoms with van der Waals surface area (Å²) in [6.45, 7) is 5.73. The second kappa shape index (κ2) is 5.93. The average molecular weight is 289 g/mol. The van der Waals surface area contributed by atoms with Crippen molar-refractivity contribution in [1.82, 2.24) is 4.90 Å². The molecule has 2 aliphatic heterocycles. The molecule has 2 aliphatic rings. The maximum atomic E-state index is 10.6. The zero-order valence-corrected chi connectivity index (χ0v) is 12.5. The normalized spacial score (nSPS) is 26.2. The summed E-state index contributed by atoms with van der Waals surface area (Å²) >= 11 is 0. The lowest BCUT2D eigenvalue weighted by Gasteiger charge is -2.28. The Bertz CT molecular complexity index is 503. The number of anilines is 2. The van der Waals surface area contributed by atoms with Gasteiger partial charge in [-0.05, 0) is 57.0 Å². The van der Waals surface area contributed by atoms with Gasteiger partial charge in [0.2, 0.25) is 0 Å². The van der Waals surface area contributed by atoms with Crippen LogP contribution in [0, 0.1) is 0 Å². The van der Waals surface area contributed by atoms with Crippen LogP contribution >= 0.6 is 0 Å². The predicted octanol–water partition coefficient (Wildman–Crippen LogP) is 2.84. The highest BCUT2D eigenvalue weighted by atomic mass is 16.4. The molecule has 0 bridgehead atoms. The highest BCUT2D eigenvalue weighted by Gasteiger charge is 2.32. The number of carbonyl (C=O) groups is 1. The summed E-state index contributed by atoms with van der Waals surface area (Å²) in [6.07, 6.45) is 2.85. The van der Waals surface area contributed by atoms with Crippen molar-refractivity contribution in [2.24, 2.45) is 0 Å². The zero-order valence-electron chi connectivity index (χ0n) is 12.5. The number of nitrogens with zero attached hydrogens (tertiary/aromatic N) is 2. The van der Waals surface area contributed by atoms with Crippen molar-refractivity contribution < 1.29 is 9.90 Å². The maximum Gasteiger partial charge on any atom is 0.409 e. The molecule has 21 heavy (non-hydrogen) atoms. The highest BCUT2D eigenvalue weighted by Crippen LogP contribution is 2.28. The summed E-state index contributed by atoms with van der Waals surface area (Å²) < 4.78 is 0. The van der Waals surface area contributed by atoms with E-state index in [-0.39, 0.29) is 0 Å². The summed E-state index contributed by atoms with van der Waals surface area (Å²) in [5.41, 5.74) is 1.80. The fraction of sp³-hybridized carbons (Fsp3) is 0.562. The van der Waals surface area contributed by atoms with Gasteiger partial charge in [0.05, 0.1) is 0 Å². The molecular formula is C16H23N3O2. The van der Waals surface area contributed by atoms with E-state index >= 15 is 0 Å². The molecule has 2 unspecified atom stereocenters. The van der Waals surface area contributed by atoms with E-state index in [0.29, 0.717) is 11.7 Å². The van der Waals surface area contributed by atoms with Gasteiger partial charge in [-0.3, -0.25) is 10.2 Å². The highest BCUT2D eigenvalue weighted by molar-refractivity contribution is 5.83. The number of amides is 1. The molecule has 2 N–H and O–H groups in total. The quantitative estimate of drug-likeness (QED) is 0.898. The van der Waals surface area contributed by atoms with E-state index in [1.165, 1.54) is 31.5 Å². The van der Waals surface area contributed by atoms with Gasteiger partial charge < -0.3 is 10.0 Å². The van der Waals surface area contributed by atoms with Crippen molar-refractivity contribution in [3.63, 3.8) is 0 Å². The molecular weight excluding hydrogens is 266 g/mol. The van der Waals surface area contributed by atoms with Crippen molar-refractivity contribution >= 4 is 17.5 Å². The molecule has 114 valence electrons. The van der Waals surface area contributed by atoms with Crippen molar-refractivity contribution in [2.45, 2.75) is 38.3 Å². The molecule has 0 spiro atoms. The Labute approximate surface area is 125 Å². The topological polar surface area (TPSA) is 55.8 Å². The van der Waals surface area contributed by atoms with E-state index in [1.807, 2.05) is 24.3 Å². The largest absolute Gasteiger partial charge is 0.465 e. The molecule has 2 atom stereocenters. The molecule has 5 heteroatoms. The first-order valence-electron chi connectivity index (χ1n) is 7.74. The number of hydrogen-bond donors (Lipinski definition) is 2. The summed E-state index contributed by atoms with van der Waals surface area (Å²) in [6, 6.07) is 9.04. The van der Waals surface area contributed by atoms with Crippen LogP contribution in [0.15, 0.2) is 24.3 Å². The monoisotopic (exact) mass is 289 g/mol. The van der Waals surface area contributed by atoms with Gasteiger partial charge in [0.1, 0.15) is 0 Å². The van der Waals surface area contributed by atoms with Gasteiger partial charge >= 0.3 is 6.09 Å². The Morgan fingerprint density at radius 3 is 2.62 bits per heavy atom. The fourth-order valence-corrected chi connectivity index (χ4v) is 3.62. The Morgan fingerprint density at radius 2 is 2.00 bits per heavy atom. The standard InChI is InChI=1S/C16H23N3O2/c1-12-3-2-9-19(12)15-8-10-18(11-15)14-6-4-13(5-7-14)17-16(20)21/h4-7,12,15,17H,2-3,8-11H2,1H3,(H,20,21). The Morgan fingerprint density at radius 1 is 1.24 bits per heavy atom. The first kappa shape index (κ1) is 14.2. The van der Waals surface area contributed by atoms with Gasteiger partial charge in [-0.15, -0.1) is 0 Å². The smallest absolute Gasteiger partial charge is 0.409 e. The van der Waals surface area contributed by atoms with Gasteiger partial charge in [-0.2, -0.15) is 0 Å². The number of carboxylic acid groups (broad SMARTS) is 1. The van der Waals surface area contributed by atoms with E-state index < -0.39 is 6.09 Å². The first-order chi connectivity index (χ1) is 10.1. The van der Waals surface area contributed by atoms with Crippen molar-refractivity contribution in [2.75, 3.05) is 29.9 Å². The maximum absolute atomic E-state index is 10.6. The Kier molecular flexibility index (Phi) is 4.01. The second-order valence-corrected chi connectivity index (χ2v) is 6.09. The molecule has 5 nitrogen and oxygen atoms in total. The summed E-state index contributed by atoms with van der Waals surface area (Å²) in [7, 11) is 0. The van der Waals surface area contributed by atoms with Crippen LogP contribution in [0.1, 0.15) is 26.2 Å². The molecule has 0 radical (unpaired) electrons. The Balaban J connectivity index is 1.62. The van der Waals surface area contributed by atoms with Crippen LogP contribution in [-0.2, 0) is 0 Å². The van der Waals surface area contributed by atoms with Crippen molar-refractivity contribution in [3.8, 4) is 0 Å². The summed E-state index contributed by atoms with van der Waals surface area (Å²) in [5.74, 6) is 0. The van der Waals surface area contributed by atoms with Crippen molar-refractivity contribution in [1.29, 1.82) is 0 Å². The van der Waals surface area contributed by atoms with E-state index in [4.69, 9.17) is 5.11 Å². The number of benzene rings is 1. The zero-order chi connectivity index (χ0) is 14.8. The van der Waals surface area contributed by atoms with E-state index in [1.54, 1.807) is 0 Å². The van der Waals surface area contributed by atoms with Gasteiger partial charge in [0, 0.05) is 36.5 Å². The third-order valence-electron chi connectivity index (χ3n) is 4.72. The molecule has 1 aromatic carbocycles. The van der Waals surface area contributed by atoms with E-state index in [0.717, 1.165) is 19.1 Å². The average Bonchev–Trinajstić information content (AvgIpc) is 3.07.